The summed E-state index contributed by atoms with van der Waals surface area (Å²) in [6.45, 7) is 5.74. The predicted octanol–water partition coefficient (Wildman–Crippen LogP) is 6.81. The Morgan fingerprint density at radius 1 is 1.00 bits per heavy atom. The average Bonchev–Trinajstić information content (AvgIpc) is 3.12. The number of thiophene rings is 1. The molecule has 4 rings (SSSR count). The normalized spacial score (nSPS) is 16.1. The lowest BCUT2D eigenvalue weighted by atomic mass is 9.87. The fraction of sp³-hybridized carbons (Fsp3) is 0.346. The molecule has 3 aromatic rings. The summed E-state index contributed by atoms with van der Waals surface area (Å²) in [5.74, 6) is 0. The number of likely N-dealkylation sites (N-methyl/N-ethyl adjacent to an activating group) is 1. The monoisotopic (exact) mass is 419 g/mol. The van der Waals surface area contributed by atoms with E-state index in [-0.39, 0.29) is 12.1 Å². The largest absolute Gasteiger partial charge is 0.444 e. The van der Waals surface area contributed by atoms with Gasteiger partial charge in [-0.3, -0.25) is 0 Å². The van der Waals surface area contributed by atoms with Gasteiger partial charge >= 0.3 is 6.09 Å². The molecule has 0 N–H and O–H groups in total. The second-order valence-electron chi connectivity index (χ2n) is 8.93. The van der Waals surface area contributed by atoms with Crippen molar-refractivity contribution in [3.05, 3.63) is 71.1 Å². The Morgan fingerprint density at radius 3 is 2.20 bits per heavy atom. The minimum atomic E-state index is -0.483. The maximum absolute atomic E-state index is 12.7. The van der Waals surface area contributed by atoms with Crippen molar-refractivity contribution in [2.24, 2.45) is 0 Å². The van der Waals surface area contributed by atoms with E-state index in [1.165, 1.54) is 32.0 Å². The van der Waals surface area contributed by atoms with Gasteiger partial charge in [-0.1, -0.05) is 60.7 Å². The van der Waals surface area contributed by atoms with Gasteiger partial charge in [-0.05, 0) is 56.7 Å². The van der Waals surface area contributed by atoms with Crippen molar-refractivity contribution in [3.8, 4) is 21.6 Å². The van der Waals surface area contributed by atoms with Crippen molar-refractivity contribution >= 4 is 17.4 Å². The summed E-state index contributed by atoms with van der Waals surface area (Å²) in [6.07, 6.45) is 2.57. The van der Waals surface area contributed by atoms with Gasteiger partial charge in [-0.25, -0.2) is 4.79 Å². The van der Waals surface area contributed by atoms with Crippen LogP contribution >= 0.6 is 11.3 Å². The summed E-state index contributed by atoms with van der Waals surface area (Å²) in [7, 11) is 1.87. The lowest BCUT2D eigenvalue weighted by Crippen LogP contribution is -2.43. The van der Waals surface area contributed by atoms with E-state index in [1.807, 2.05) is 39.2 Å². The molecule has 1 aliphatic carbocycles. The average molecular weight is 420 g/mol. The van der Waals surface area contributed by atoms with Gasteiger partial charge in [-0.2, -0.15) is 0 Å². The van der Waals surface area contributed by atoms with E-state index in [4.69, 9.17) is 4.74 Å². The minimum absolute atomic E-state index is 0.146. The molecule has 1 heterocycles. The van der Waals surface area contributed by atoms with Gasteiger partial charge in [-0.15, -0.1) is 11.3 Å². The van der Waals surface area contributed by atoms with Crippen LogP contribution in [0.3, 0.4) is 0 Å². The van der Waals surface area contributed by atoms with Crippen LogP contribution in [0, 0.1) is 0 Å². The number of benzene rings is 2. The molecule has 30 heavy (non-hydrogen) atoms. The highest BCUT2D eigenvalue weighted by Gasteiger charge is 2.32. The maximum atomic E-state index is 12.7. The second kappa shape index (κ2) is 8.27. The van der Waals surface area contributed by atoms with Gasteiger partial charge in [0.2, 0.25) is 0 Å². The van der Waals surface area contributed by atoms with Crippen LogP contribution in [0.4, 0.5) is 4.79 Å². The lowest BCUT2D eigenvalue weighted by Gasteiger charge is -2.33. The van der Waals surface area contributed by atoms with Crippen LogP contribution in [0.2, 0.25) is 0 Å². The predicted molar refractivity (Wildman–Crippen MR) is 125 cm³/mol. The highest BCUT2D eigenvalue weighted by Crippen LogP contribution is 2.46. The quantitative estimate of drug-likeness (QED) is 0.467. The standard InChI is InChI=1S/C26H29NO2S/c1-26(2,3)29-25(28)27(4)20-15-16-22-21(17-20)23(18-11-7-5-8-12-18)24(30-22)19-13-9-6-10-14-19/h5-14,20H,15-17H2,1-4H3. The zero-order valence-corrected chi connectivity index (χ0v) is 19.0. The molecule has 1 unspecified atom stereocenters. The summed E-state index contributed by atoms with van der Waals surface area (Å²) in [5, 5.41) is 0. The Hall–Kier alpha value is -2.59. The molecule has 1 atom stereocenters. The molecule has 0 saturated heterocycles. The molecular formula is C26H29NO2S. The Balaban J connectivity index is 1.72. The molecule has 1 aromatic heterocycles. The fourth-order valence-corrected chi connectivity index (χ4v) is 5.45. The Kier molecular flexibility index (Phi) is 5.70. The molecule has 0 aliphatic heterocycles. The van der Waals surface area contributed by atoms with E-state index >= 15 is 0 Å². The third-order valence-corrected chi connectivity index (χ3v) is 6.90. The molecule has 0 bridgehead atoms. The van der Waals surface area contributed by atoms with Crippen LogP contribution in [0.1, 0.15) is 37.6 Å². The first-order valence-electron chi connectivity index (χ1n) is 10.5. The first-order chi connectivity index (χ1) is 14.3. The highest BCUT2D eigenvalue weighted by molar-refractivity contribution is 7.16. The first kappa shape index (κ1) is 20.7. The zero-order chi connectivity index (χ0) is 21.3. The molecule has 1 aliphatic rings. The van der Waals surface area contributed by atoms with E-state index in [2.05, 4.69) is 60.7 Å². The van der Waals surface area contributed by atoms with Gasteiger partial charge in [0.05, 0.1) is 0 Å². The van der Waals surface area contributed by atoms with Gasteiger partial charge < -0.3 is 9.64 Å². The van der Waals surface area contributed by atoms with Crippen molar-refractivity contribution in [1.29, 1.82) is 0 Å². The van der Waals surface area contributed by atoms with Crippen molar-refractivity contribution in [2.75, 3.05) is 7.05 Å². The van der Waals surface area contributed by atoms with E-state index in [1.54, 1.807) is 4.90 Å². The van der Waals surface area contributed by atoms with Gasteiger partial charge in [0.1, 0.15) is 5.60 Å². The molecule has 0 saturated carbocycles. The van der Waals surface area contributed by atoms with Crippen molar-refractivity contribution in [3.63, 3.8) is 0 Å². The third kappa shape index (κ3) is 4.29. The van der Waals surface area contributed by atoms with Crippen LogP contribution in [0.15, 0.2) is 60.7 Å². The van der Waals surface area contributed by atoms with Gasteiger partial charge in [0.25, 0.3) is 0 Å². The summed E-state index contributed by atoms with van der Waals surface area (Å²) >= 11 is 1.91. The number of carbonyl (C=O) groups excluding carboxylic acids is 1. The van der Waals surface area contributed by atoms with E-state index in [0.717, 1.165) is 19.3 Å². The molecule has 156 valence electrons. The van der Waals surface area contributed by atoms with E-state index < -0.39 is 5.60 Å². The molecule has 3 nitrogen and oxygen atoms in total. The molecular weight excluding hydrogens is 390 g/mol. The number of hydrogen-bond acceptors (Lipinski definition) is 3. The first-order valence-corrected chi connectivity index (χ1v) is 11.4. The van der Waals surface area contributed by atoms with Crippen LogP contribution in [-0.4, -0.2) is 29.7 Å². The van der Waals surface area contributed by atoms with Crippen LogP contribution in [0.25, 0.3) is 21.6 Å². The number of amides is 1. The molecule has 0 fully saturated rings. The Labute approximate surface area is 183 Å². The molecule has 0 spiro atoms. The van der Waals surface area contributed by atoms with Crippen molar-refractivity contribution in [1.82, 2.24) is 4.90 Å². The van der Waals surface area contributed by atoms with Gasteiger partial charge in [0, 0.05) is 28.4 Å². The Morgan fingerprint density at radius 2 is 1.60 bits per heavy atom. The summed E-state index contributed by atoms with van der Waals surface area (Å²) in [5.41, 5.74) is 4.73. The fourth-order valence-electron chi connectivity index (χ4n) is 4.08. The van der Waals surface area contributed by atoms with Crippen LogP contribution in [0.5, 0.6) is 0 Å². The molecule has 1 amide bonds. The number of hydrogen-bond donors (Lipinski definition) is 0. The van der Waals surface area contributed by atoms with Gasteiger partial charge in [0.15, 0.2) is 0 Å². The highest BCUT2D eigenvalue weighted by atomic mass is 32.1. The van der Waals surface area contributed by atoms with Crippen LogP contribution in [-0.2, 0) is 17.6 Å². The van der Waals surface area contributed by atoms with E-state index in [9.17, 15) is 4.79 Å². The van der Waals surface area contributed by atoms with Crippen molar-refractivity contribution in [2.45, 2.75) is 51.7 Å². The van der Waals surface area contributed by atoms with Crippen molar-refractivity contribution < 1.29 is 9.53 Å². The third-order valence-electron chi connectivity index (χ3n) is 5.56. The molecule has 4 heteroatoms. The smallest absolute Gasteiger partial charge is 0.410 e. The number of aryl methyl sites for hydroxylation is 1. The zero-order valence-electron chi connectivity index (χ0n) is 18.1. The van der Waals surface area contributed by atoms with E-state index in [0.29, 0.717) is 0 Å². The summed E-state index contributed by atoms with van der Waals surface area (Å²) in [4.78, 5) is 17.2. The second-order valence-corrected chi connectivity index (χ2v) is 10.0. The summed E-state index contributed by atoms with van der Waals surface area (Å²) < 4.78 is 5.62. The number of ether oxygens (including phenoxy) is 1. The maximum Gasteiger partial charge on any atom is 0.410 e. The lowest BCUT2D eigenvalue weighted by molar-refractivity contribution is 0.0210. The number of fused-ring (bicyclic) bond motifs is 1. The molecule has 2 aromatic carbocycles. The topological polar surface area (TPSA) is 29.5 Å². The minimum Gasteiger partial charge on any atom is -0.444 e. The Bertz CT molecular complexity index is 1020. The molecule has 0 radical (unpaired) electrons. The number of nitrogens with zero attached hydrogens (tertiary/aromatic N) is 1. The number of carbonyl (C=O) groups is 1. The summed E-state index contributed by atoms with van der Waals surface area (Å²) in [6, 6.07) is 21.4. The van der Waals surface area contributed by atoms with Crippen LogP contribution < -0.4 is 0 Å². The SMILES string of the molecule is CN(C(=O)OC(C)(C)C)C1CCc2sc(-c3ccccc3)c(-c3ccccc3)c2C1. The number of rotatable bonds is 3.